The molecule has 10 nitrogen and oxygen atoms in total. The Bertz CT molecular complexity index is 1330. The van der Waals surface area contributed by atoms with Crippen molar-refractivity contribution in [3.05, 3.63) is 75.9 Å². The molecule has 1 saturated heterocycles. The third-order valence-corrected chi connectivity index (χ3v) is 7.05. The quantitative estimate of drug-likeness (QED) is 0.310. The number of ether oxygens (including phenoxy) is 3. The maximum absolute atomic E-state index is 13.2. The summed E-state index contributed by atoms with van der Waals surface area (Å²) >= 11 is 13.0. The Morgan fingerprint density at radius 3 is 2.59 bits per heavy atom. The van der Waals surface area contributed by atoms with Gasteiger partial charge in [0, 0.05) is 30.1 Å². The zero-order chi connectivity index (χ0) is 27.9. The number of methoxy groups -OCH3 is 2. The van der Waals surface area contributed by atoms with Crippen LogP contribution in [0.3, 0.4) is 0 Å². The van der Waals surface area contributed by atoms with Crippen molar-refractivity contribution in [3.8, 4) is 11.5 Å². The van der Waals surface area contributed by atoms with Gasteiger partial charge in [-0.2, -0.15) is 5.10 Å². The van der Waals surface area contributed by atoms with Gasteiger partial charge in [-0.3, -0.25) is 14.7 Å². The van der Waals surface area contributed by atoms with Crippen LogP contribution in [0.1, 0.15) is 21.6 Å². The van der Waals surface area contributed by atoms with Crippen LogP contribution in [0.5, 0.6) is 11.5 Å². The van der Waals surface area contributed by atoms with E-state index in [-0.39, 0.29) is 11.8 Å². The minimum absolute atomic E-state index is 0.314. The number of nitrogens with zero attached hydrogens (tertiary/aromatic N) is 2. The summed E-state index contributed by atoms with van der Waals surface area (Å²) in [5.41, 5.74) is 2.67. The molecule has 1 atom stereocenters. The number of carbonyl (C=O) groups excluding carboxylic acids is 2. The number of hydrogen-bond acceptors (Lipinski definition) is 7. The number of benzene rings is 2. The number of hydrogen-bond donors (Lipinski definition) is 3. The fraction of sp³-hybridized carbons (Fsp3) is 0.296. The topological polar surface area (TPSA) is 118 Å². The van der Waals surface area contributed by atoms with E-state index in [1.165, 1.54) is 20.3 Å². The van der Waals surface area contributed by atoms with E-state index in [2.05, 4.69) is 27.4 Å². The molecule has 12 heteroatoms. The molecule has 1 aliphatic heterocycles. The van der Waals surface area contributed by atoms with E-state index in [0.29, 0.717) is 71.0 Å². The van der Waals surface area contributed by atoms with E-state index < -0.39 is 6.23 Å². The average molecular weight is 574 g/mol. The van der Waals surface area contributed by atoms with Gasteiger partial charge in [0.15, 0.2) is 5.82 Å². The second-order valence-electron chi connectivity index (χ2n) is 8.66. The average Bonchev–Trinajstić information content (AvgIpc) is 3.40. The van der Waals surface area contributed by atoms with Crippen LogP contribution < -0.4 is 25.0 Å². The summed E-state index contributed by atoms with van der Waals surface area (Å²) in [5, 5.41) is 13.6. The molecular weight excluding hydrogens is 545 g/mol. The summed E-state index contributed by atoms with van der Waals surface area (Å²) < 4.78 is 16.3. The molecule has 39 heavy (non-hydrogen) atoms. The summed E-state index contributed by atoms with van der Waals surface area (Å²) in [6.07, 6.45) is 1.70. The van der Waals surface area contributed by atoms with Gasteiger partial charge in [0.1, 0.15) is 17.7 Å². The molecule has 1 unspecified atom stereocenters. The molecule has 2 heterocycles. The van der Waals surface area contributed by atoms with E-state index in [4.69, 9.17) is 37.4 Å². The fourth-order valence-electron chi connectivity index (χ4n) is 4.27. The predicted octanol–water partition coefficient (Wildman–Crippen LogP) is 4.24. The number of amides is 2. The second-order valence-corrected chi connectivity index (χ2v) is 9.41. The van der Waals surface area contributed by atoms with Crippen LogP contribution in [-0.4, -0.2) is 62.2 Å². The lowest BCUT2D eigenvalue weighted by Crippen LogP contribution is -2.51. The SMILES string of the molecule is C=CC(=O)NC1CN(c2ccccc2C(=O)Nc2cc(CCc3c(Cl)c(OC)cc(OC)c3Cl)[nH]n2)CCO1. The molecule has 3 N–H and O–H groups in total. The first-order chi connectivity index (χ1) is 18.8. The lowest BCUT2D eigenvalue weighted by atomic mass is 10.1. The van der Waals surface area contributed by atoms with Gasteiger partial charge in [-0.25, -0.2) is 0 Å². The van der Waals surface area contributed by atoms with E-state index in [1.807, 2.05) is 17.0 Å². The van der Waals surface area contributed by atoms with Gasteiger partial charge in [0.05, 0.1) is 43.0 Å². The monoisotopic (exact) mass is 573 g/mol. The van der Waals surface area contributed by atoms with Gasteiger partial charge >= 0.3 is 0 Å². The van der Waals surface area contributed by atoms with E-state index in [9.17, 15) is 9.59 Å². The van der Waals surface area contributed by atoms with Gasteiger partial charge in [-0.05, 0) is 36.6 Å². The molecule has 0 aliphatic carbocycles. The highest BCUT2D eigenvalue weighted by Gasteiger charge is 2.25. The Kier molecular flexibility index (Phi) is 9.34. The van der Waals surface area contributed by atoms with Gasteiger partial charge in [0.2, 0.25) is 5.91 Å². The van der Waals surface area contributed by atoms with Crippen LogP contribution in [0.2, 0.25) is 10.0 Å². The van der Waals surface area contributed by atoms with Crippen molar-refractivity contribution < 1.29 is 23.8 Å². The van der Waals surface area contributed by atoms with E-state index in [1.54, 1.807) is 24.3 Å². The highest BCUT2D eigenvalue weighted by molar-refractivity contribution is 6.37. The normalized spacial score (nSPS) is 15.0. The Hall–Kier alpha value is -3.73. The standard InChI is InChI=1S/C27H29Cl2N5O5/c1-4-23(35)31-24-15-34(11-12-39-24)19-8-6-5-7-17(19)27(36)30-22-13-16(32-33-22)9-10-18-25(28)20(37-2)14-21(38-3)26(18)29/h4-8,13-14,24H,1,9-12,15H2,2-3H3,(H,31,35)(H2,30,32,33,36). The molecular formula is C27H29Cl2N5O5. The molecule has 0 bridgehead atoms. The lowest BCUT2D eigenvalue weighted by Gasteiger charge is -2.35. The number of aromatic nitrogens is 2. The molecule has 3 aromatic rings. The smallest absolute Gasteiger partial charge is 0.258 e. The molecule has 0 radical (unpaired) electrons. The first-order valence-corrected chi connectivity index (χ1v) is 12.9. The molecule has 2 amide bonds. The molecule has 1 fully saturated rings. The number of morpholine rings is 1. The van der Waals surface area contributed by atoms with Crippen molar-refractivity contribution >= 4 is 46.5 Å². The largest absolute Gasteiger partial charge is 0.495 e. The number of aryl methyl sites for hydroxylation is 1. The summed E-state index contributed by atoms with van der Waals surface area (Å²) in [4.78, 5) is 26.9. The predicted molar refractivity (Wildman–Crippen MR) is 150 cm³/mol. The first kappa shape index (κ1) is 28.3. The van der Waals surface area contributed by atoms with Gasteiger partial charge < -0.3 is 29.7 Å². The number of rotatable bonds is 10. The second kappa shape index (κ2) is 12.9. The number of aromatic amines is 1. The van der Waals surface area contributed by atoms with Crippen molar-refractivity contribution in [2.45, 2.75) is 19.1 Å². The maximum atomic E-state index is 13.2. The summed E-state index contributed by atoms with van der Waals surface area (Å²) in [5.74, 6) is 0.684. The van der Waals surface area contributed by atoms with Crippen molar-refractivity contribution in [2.75, 3.05) is 44.1 Å². The van der Waals surface area contributed by atoms with Gasteiger partial charge in [0.25, 0.3) is 5.91 Å². The summed E-state index contributed by atoms with van der Waals surface area (Å²) in [6.45, 7) is 4.82. The molecule has 2 aromatic carbocycles. The van der Waals surface area contributed by atoms with Crippen molar-refractivity contribution in [3.63, 3.8) is 0 Å². The van der Waals surface area contributed by atoms with E-state index >= 15 is 0 Å². The highest BCUT2D eigenvalue weighted by atomic mass is 35.5. The van der Waals surface area contributed by atoms with Crippen LogP contribution in [0.15, 0.2) is 49.1 Å². The molecule has 0 saturated carbocycles. The van der Waals surface area contributed by atoms with Crippen molar-refractivity contribution in [2.24, 2.45) is 0 Å². The third kappa shape index (κ3) is 6.65. The van der Waals surface area contributed by atoms with Gasteiger partial charge in [-0.1, -0.05) is 41.9 Å². The van der Waals surface area contributed by atoms with E-state index in [0.717, 1.165) is 11.4 Å². The first-order valence-electron chi connectivity index (χ1n) is 12.2. The Morgan fingerprint density at radius 1 is 1.18 bits per heavy atom. The molecule has 4 rings (SSSR count). The zero-order valence-corrected chi connectivity index (χ0v) is 23.1. The fourth-order valence-corrected chi connectivity index (χ4v) is 4.96. The van der Waals surface area contributed by atoms with Crippen LogP contribution in [0.25, 0.3) is 0 Å². The number of halogens is 2. The maximum Gasteiger partial charge on any atom is 0.258 e. The lowest BCUT2D eigenvalue weighted by molar-refractivity contribution is -0.121. The number of anilines is 2. The van der Waals surface area contributed by atoms with Gasteiger partial charge in [-0.15, -0.1) is 0 Å². The third-order valence-electron chi connectivity index (χ3n) is 6.23. The van der Waals surface area contributed by atoms with Crippen LogP contribution in [-0.2, 0) is 22.4 Å². The molecule has 1 aromatic heterocycles. The zero-order valence-electron chi connectivity index (χ0n) is 21.6. The van der Waals surface area contributed by atoms with Crippen LogP contribution >= 0.6 is 23.2 Å². The highest BCUT2D eigenvalue weighted by Crippen LogP contribution is 2.40. The Balaban J connectivity index is 1.44. The minimum atomic E-state index is -0.513. The summed E-state index contributed by atoms with van der Waals surface area (Å²) in [6, 6.07) is 10.7. The molecule has 1 aliphatic rings. The molecule has 0 spiro atoms. The number of H-pyrrole nitrogens is 1. The molecule has 206 valence electrons. The summed E-state index contributed by atoms with van der Waals surface area (Å²) in [7, 11) is 3.05. The number of carbonyl (C=O) groups is 2. The van der Waals surface area contributed by atoms with Crippen LogP contribution in [0, 0.1) is 0 Å². The van der Waals surface area contributed by atoms with Crippen LogP contribution in [0.4, 0.5) is 11.5 Å². The number of nitrogens with one attached hydrogen (secondary N) is 3. The number of para-hydroxylation sites is 1. The minimum Gasteiger partial charge on any atom is -0.495 e. The Labute approximate surface area is 236 Å². The Morgan fingerprint density at radius 2 is 1.90 bits per heavy atom. The van der Waals surface area contributed by atoms with Crippen molar-refractivity contribution in [1.82, 2.24) is 15.5 Å². The van der Waals surface area contributed by atoms with Crippen molar-refractivity contribution in [1.29, 1.82) is 0 Å².